The van der Waals surface area contributed by atoms with Crippen molar-refractivity contribution < 1.29 is 15.0 Å². The van der Waals surface area contributed by atoms with Gasteiger partial charge in [0.2, 0.25) is 0 Å². The zero-order chi connectivity index (χ0) is 13.4. The van der Waals surface area contributed by atoms with Gasteiger partial charge in [-0.1, -0.05) is 12.8 Å². The van der Waals surface area contributed by atoms with Crippen LogP contribution in [0.25, 0.3) is 0 Å². The molecule has 1 aromatic rings. The SMILES string of the molecule is O=C(NCCCCCCO)c1cc(I)ccc1O. The molecule has 0 aliphatic heterocycles. The van der Waals surface area contributed by atoms with Crippen molar-refractivity contribution >= 4 is 28.5 Å². The number of carbonyl (C=O) groups excluding carboxylic acids is 1. The second-order valence-electron chi connectivity index (χ2n) is 4.06. The van der Waals surface area contributed by atoms with Crippen molar-refractivity contribution in [1.29, 1.82) is 0 Å². The van der Waals surface area contributed by atoms with E-state index >= 15 is 0 Å². The molecule has 0 bridgehead atoms. The third-order valence-electron chi connectivity index (χ3n) is 2.57. The fourth-order valence-corrected chi connectivity index (χ4v) is 2.07. The number of phenolic OH excluding ortho intramolecular Hbond substituents is 1. The second kappa shape index (κ2) is 8.31. The van der Waals surface area contributed by atoms with E-state index < -0.39 is 0 Å². The standard InChI is InChI=1S/C13H18INO3/c14-10-5-6-12(17)11(9-10)13(18)15-7-3-1-2-4-8-16/h5-6,9,16-17H,1-4,7-8H2,(H,15,18). The van der Waals surface area contributed by atoms with E-state index in [0.29, 0.717) is 12.1 Å². The zero-order valence-corrected chi connectivity index (χ0v) is 12.3. The number of unbranched alkanes of at least 4 members (excludes halogenated alkanes) is 3. The summed E-state index contributed by atoms with van der Waals surface area (Å²) in [7, 11) is 0. The van der Waals surface area contributed by atoms with E-state index in [-0.39, 0.29) is 18.3 Å². The summed E-state index contributed by atoms with van der Waals surface area (Å²) >= 11 is 2.10. The molecule has 5 heteroatoms. The molecule has 18 heavy (non-hydrogen) atoms. The lowest BCUT2D eigenvalue weighted by atomic mass is 10.1. The molecule has 0 saturated heterocycles. The van der Waals surface area contributed by atoms with Crippen molar-refractivity contribution in [3.8, 4) is 5.75 Å². The number of carbonyl (C=O) groups is 1. The Bertz CT molecular complexity index is 396. The fourth-order valence-electron chi connectivity index (χ4n) is 1.58. The Hall–Kier alpha value is -0.820. The predicted octanol–water partition coefficient (Wildman–Crippen LogP) is 2.28. The largest absolute Gasteiger partial charge is 0.507 e. The van der Waals surface area contributed by atoms with E-state index in [1.54, 1.807) is 12.1 Å². The van der Waals surface area contributed by atoms with Crippen LogP contribution in [-0.4, -0.2) is 29.3 Å². The third kappa shape index (κ3) is 5.22. The van der Waals surface area contributed by atoms with Crippen LogP contribution in [0, 0.1) is 3.57 Å². The highest BCUT2D eigenvalue weighted by Gasteiger charge is 2.10. The lowest BCUT2D eigenvalue weighted by Crippen LogP contribution is -2.24. The number of halogens is 1. The molecule has 100 valence electrons. The van der Waals surface area contributed by atoms with E-state index in [1.807, 2.05) is 0 Å². The average Bonchev–Trinajstić information content (AvgIpc) is 2.36. The molecule has 0 spiro atoms. The molecule has 0 heterocycles. The zero-order valence-electron chi connectivity index (χ0n) is 10.2. The van der Waals surface area contributed by atoms with Crippen LogP contribution in [0.15, 0.2) is 18.2 Å². The lowest BCUT2D eigenvalue weighted by Gasteiger charge is -2.07. The van der Waals surface area contributed by atoms with Gasteiger partial charge in [0.25, 0.3) is 5.91 Å². The Kier molecular flexibility index (Phi) is 7.04. The Labute approximate surface area is 121 Å². The van der Waals surface area contributed by atoms with Crippen LogP contribution in [0.1, 0.15) is 36.0 Å². The van der Waals surface area contributed by atoms with Crippen molar-refractivity contribution in [3.63, 3.8) is 0 Å². The first-order valence-corrected chi connectivity index (χ1v) is 7.10. The van der Waals surface area contributed by atoms with Gasteiger partial charge in [0, 0.05) is 16.7 Å². The molecule has 1 aromatic carbocycles. The van der Waals surface area contributed by atoms with Gasteiger partial charge in [0.1, 0.15) is 5.75 Å². The quantitative estimate of drug-likeness (QED) is 0.514. The van der Waals surface area contributed by atoms with Crippen LogP contribution < -0.4 is 5.32 Å². The molecule has 0 radical (unpaired) electrons. The summed E-state index contributed by atoms with van der Waals surface area (Å²) in [6.07, 6.45) is 3.65. The maximum atomic E-state index is 11.8. The van der Waals surface area contributed by atoms with Crippen LogP contribution in [-0.2, 0) is 0 Å². The number of nitrogens with one attached hydrogen (secondary N) is 1. The van der Waals surface area contributed by atoms with E-state index in [9.17, 15) is 9.90 Å². The highest BCUT2D eigenvalue weighted by atomic mass is 127. The molecule has 0 atom stereocenters. The maximum Gasteiger partial charge on any atom is 0.255 e. The number of hydrogen-bond acceptors (Lipinski definition) is 3. The first-order chi connectivity index (χ1) is 8.65. The predicted molar refractivity (Wildman–Crippen MR) is 78.7 cm³/mol. The van der Waals surface area contributed by atoms with Gasteiger partial charge in [-0.3, -0.25) is 4.79 Å². The topological polar surface area (TPSA) is 69.6 Å². The Morgan fingerprint density at radius 3 is 2.67 bits per heavy atom. The maximum absolute atomic E-state index is 11.8. The highest BCUT2D eigenvalue weighted by Crippen LogP contribution is 2.19. The normalized spacial score (nSPS) is 10.3. The Balaban J connectivity index is 2.34. The number of benzene rings is 1. The van der Waals surface area contributed by atoms with Crippen molar-refractivity contribution in [2.45, 2.75) is 25.7 Å². The van der Waals surface area contributed by atoms with Gasteiger partial charge in [-0.05, 0) is 53.6 Å². The number of aliphatic hydroxyl groups is 1. The molecule has 0 aromatic heterocycles. The lowest BCUT2D eigenvalue weighted by molar-refractivity contribution is 0.0950. The molecule has 0 fully saturated rings. The summed E-state index contributed by atoms with van der Waals surface area (Å²) in [5.74, 6) is -0.235. The molecule has 4 nitrogen and oxygen atoms in total. The number of hydrogen-bond donors (Lipinski definition) is 3. The highest BCUT2D eigenvalue weighted by molar-refractivity contribution is 14.1. The molecule has 1 rings (SSSR count). The van der Waals surface area contributed by atoms with Gasteiger partial charge in [-0.2, -0.15) is 0 Å². The minimum Gasteiger partial charge on any atom is -0.507 e. The summed E-state index contributed by atoms with van der Waals surface area (Å²) in [5.41, 5.74) is 0.317. The molecule has 0 aliphatic rings. The molecule has 0 unspecified atom stereocenters. The van der Waals surface area contributed by atoms with Gasteiger partial charge >= 0.3 is 0 Å². The number of amides is 1. The third-order valence-corrected chi connectivity index (χ3v) is 3.24. The molecular weight excluding hydrogens is 345 g/mol. The van der Waals surface area contributed by atoms with Gasteiger partial charge in [0.15, 0.2) is 0 Å². The number of aromatic hydroxyl groups is 1. The summed E-state index contributed by atoms with van der Waals surface area (Å²) in [6.45, 7) is 0.817. The van der Waals surface area contributed by atoms with Crippen molar-refractivity contribution in [2.24, 2.45) is 0 Å². The average molecular weight is 363 g/mol. The van der Waals surface area contributed by atoms with E-state index in [0.717, 1.165) is 29.3 Å². The minimum atomic E-state index is -0.242. The van der Waals surface area contributed by atoms with Crippen LogP contribution in [0.4, 0.5) is 0 Å². The van der Waals surface area contributed by atoms with Gasteiger partial charge in [0.05, 0.1) is 5.56 Å². The summed E-state index contributed by atoms with van der Waals surface area (Å²) in [6, 6.07) is 4.94. The first-order valence-electron chi connectivity index (χ1n) is 6.02. The molecule has 1 amide bonds. The second-order valence-corrected chi connectivity index (χ2v) is 5.30. The fraction of sp³-hybridized carbons (Fsp3) is 0.462. The summed E-state index contributed by atoms with van der Waals surface area (Å²) in [4.78, 5) is 11.8. The summed E-state index contributed by atoms with van der Waals surface area (Å²) in [5, 5.41) is 21.0. The molecule has 3 N–H and O–H groups in total. The smallest absolute Gasteiger partial charge is 0.255 e. The van der Waals surface area contributed by atoms with Crippen molar-refractivity contribution in [2.75, 3.05) is 13.2 Å². The monoisotopic (exact) mass is 363 g/mol. The molecular formula is C13H18INO3. The first kappa shape index (κ1) is 15.2. The van der Waals surface area contributed by atoms with Crippen molar-refractivity contribution in [1.82, 2.24) is 5.32 Å². The number of phenols is 1. The van der Waals surface area contributed by atoms with E-state index in [2.05, 4.69) is 27.9 Å². The van der Waals surface area contributed by atoms with Crippen LogP contribution in [0.3, 0.4) is 0 Å². The number of rotatable bonds is 7. The number of aliphatic hydroxyl groups excluding tert-OH is 1. The molecule has 0 saturated carbocycles. The minimum absolute atomic E-state index is 0.00759. The summed E-state index contributed by atoms with van der Waals surface area (Å²) < 4.78 is 0.915. The van der Waals surface area contributed by atoms with Crippen molar-refractivity contribution in [3.05, 3.63) is 27.3 Å². The Morgan fingerprint density at radius 2 is 1.94 bits per heavy atom. The molecule has 0 aliphatic carbocycles. The van der Waals surface area contributed by atoms with Gasteiger partial charge in [-0.15, -0.1) is 0 Å². The Morgan fingerprint density at radius 1 is 1.22 bits per heavy atom. The van der Waals surface area contributed by atoms with E-state index in [1.165, 1.54) is 6.07 Å². The van der Waals surface area contributed by atoms with Gasteiger partial charge in [-0.25, -0.2) is 0 Å². The van der Waals surface area contributed by atoms with Crippen LogP contribution in [0.2, 0.25) is 0 Å². The van der Waals surface area contributed by atoms with Crippen LogP contribution >= 0.6 is 22.6 Å². The van der Waals surface area contributed by atoms with Gasteiger partial charge < -0.3 is 15.5 Å². The van der Waals surface area contributed by atoms with Crippen LogP contribution in [0.5, 0.6) is 5.75 Å². The van der Waals surface area contributed by atoms with E-state index in [4.69, 9.17) is 5.11 Å².